The van der Waals surface area contributed by atoms with Crippen LogP contribution in [0.15, 0.2) is 146 Å². The summed E-state index contributed by atoms with van der Waals surface area (Å²) in [6.07, 6.45) is 6.40. The van der Waals surface area contributed by atoms with Crippen LogP contribution in [-0.2, 0) is 5.41 Å². The van der Waals surface area contributed by atoms with Crippen LogP contribution in [0.4, 0.5) is 34.1 Å². The molecular weight excluding hydrogens is 721 g/mol. The van der Waals surface area contributed by atoms with Crippen LogP contribution in [0.5, 0.6) is 11.5 Å². The van der Waals surface area contributed by atoms with Crippen molar-refractivity contribution in [2.75, 3.05) is 9.80 Å². The molecule has 4 fully saturated rings. The van der Waals surface area contributed by atoms with Gasteiger partial charge in [-0.05, 0) is 195 Å². The second kappa shape index (κ2) is 13.6. The molecule has 0 atom stereocenters. The molecule has 7 aromatic carbocycles. The number of nitrogens with zero attached hydrogens (tertiary/aromatic N) is 4. The van der Waals surface area contributed by atoms with Crippen molar-refractivity contribution < 1.29 is 4.74 Å². The number of rotatable bonds is 6. The highest BCUT2D eigenvalue weighted by Gasteiger charge is 2.61. The Hall–Kier alpha value is -6.82. The molecule has 0 radical (unpaired) electrons. The van der Waals surface area contributed by atoms with Crippen molar-refractivity contribution in [1.82, 2.24) is 0 Å². The van der Waals surface area contributed by atoms with Crippen molar-refractivity contribution in [3.8, 4) is 23.6 Å². The summed E-state index contributed by atoms with van der Waals surface area (Å²) < 4.78 is 7.08. The monoisotopic (exact) mass is 764 g/mol. The van der Waals surface area contributed by atoms with Crippen LogP contribution in [0.3, 0.4) is 0 Å². The van der Waals surface area contributed by atoms with Crippen molar-refractivity contribution in [2.24, 2.45) is 23.7 Å². The minimum absolute atomic E-state index is 0.179. The highest BCUT2D eigenvalue weighted by molar-refractivity contribution is 5.92. The van der Waals surface area contributed by atoms with Gasteiger partial charge in [-0.15, -0.1) is 0 Å². The van der Waals surface area contributed by atoms with E-state index in [1.807, 2.05) is 36.4 Å². The van der Waals surface area contributed by atoms with Crippen LogP contribution in [0.25, 0.3) is 10.8 Å². The third-order valence-electron chi connectivity index (χ3n) is 14.2. The molecule has 0 unspecified atom stereocenters. The molecule has 4 saturated carbocycles. The second-order valence-corrected chi connectivity index (χ2v) is 17.4. The fourth-order valence-electron chi connectivity index (χ4n) is 11.8. The van der Waals surface area contributed by atoms with E-state index in [2.05, 4.69) is 145 Å². The van der Waals surface area contributed by atoms with Gasteiger partial charge < -0.3 is 14.5 Å². The topological polar surface area (TPSA) is 63.3 Å². The average molecular weight is 765 g/mol. The third-order valence-corrected chi connectivity index (χ3v) is 14.2. The third kappa shape index (κ3) is 5.56. The second-order valence-electron chi connectivity index (χ2n) is 17.4. The van der Waals surface area contributed by atoms with E-state index in [1.165, 1.54) is 59.7 Å². The number of ether oxygens (including phenoxy) is 1. The van der Waals surface area contributed by atoms with Crippen molar-refractivity contribution in [3.63, 3.8) is 0 Å². The van der Waals surface area contributed by atoms with Crippen molar-refractivity contribution in [2.45, 2.75) is 51.4 Å². The molecule has 1 aliphatic heterocycles. The summed E-state index contributed by atoms with van der Waals surface area (Å²) in [5.74, 6) is 4.61. The quantitative estimate of drug-likeness (QED) is 0.169. The summed E-state index contributed by atoms with van der Waals surface area (Å²) in [4.78, 5) is 4.67. The molecule has 5 aliphatic rings. The standard InChI is InChI=1S/C54H44N4O/c1-34-7-3-5-9-50(34)57(44-16-11-36(32-55)12-17-44)46-20-15-40-30-53-48(29-41(40)28-46)54(42-24-38-23-39(26-42)27-43(54)25-38)49-31-47(21-22-52(49)59-53)58(51-10-6-4-8-35(51)2)45-18-13-37(33-56)14-19-45/h3-22,28-31,38-39,42-43H,23-27H2,1-2H3. The van der Waals surface area contributed by atoms with Crippen LogP contribution in [0.1, 0.15) is 65.5 Å². The Morgan fingerprint density at radius 1 is 0.492 bits per heavy atom. The molecule has 286 valence electrons. The van der Waals surface area contributed by atoms with E-state index in [4.69, 9.17) is 4.74 Å². The molecule has 5 heteroatoms. The van der Waals surface area contributed by atoms with Gasteiger partial charge in [-0.3, -0.25) is 0 Å². The van der Waals surface area contributed by atoms with Gasteiger partial charge in [-0.2, -0.15) is 10.5 Å². The Morgan fingerprint density at radius 2 is 0.983 bits per heavy atom. The Balaban J connectivity index is 1.10. The zero-order valence-electron chi connectivity index (χ0n) is 33.4. The maximum Gasteiger partial charge on any atom is 0.132 e. The number of benzene rings is 7. The van der Waals surface area contributed by atoms with Crippen LogP contribution < -0.4 is 14.5 Å². The van der Waals surface area contributed by atoms with Gasteiger partial charge in [0.25, 0.3) is 0 Å². The van der Waals surface area contributed by atoms with E-state index in [0.717, 1.165) is 62.8 Å². The molecule has 4 aliphatic carbocycles. The maximum absolute atomic E-state index is 9.65. The van der Waals surface area contributed by atoms with Crippen molar-refractivity contribution in [3.05, 3.63) is 179 Å². The first-order chi connectivity index (χ1) is 28.9. The van der Waals surface area contributed by atoms with Crippen molar-refractivity contribution in [1.29, 1.82) is 10.5 Å². The molecule has 4 bridgehead atoms. The van der Waals surface area contributed by atoms with E-state index in [-0.39, 0.29) is 5.41 Å². The summed E-state index contributed by atoms with van der Waals surface area (Å²) in [6.45, 7) is 4.33. The number of para-hydroxylation sites is 2. The minimum atomic E-state index is -0.179. The zero-order valence-corrected chi connectivity index (χ0v) is 33.4. The number of aryl methyl sites for hydroxylation is 2. The molecule has 5 nitrogen and oxygen atoms in total. The van der Waals surface area contributed by atoms with E-state index >= 15 is 0 Å². The zero-order chi connectivity index (χ0) is 39.8. The van der Waals surface area contributed by atoms with Crippen LogP contribution in [-0.4, -0.2) is 0 Å². The van der Waals surface area contributed by atoms with E-state index in [1.54, 1.807) is 0 Å². The molecule has 1 spiro atoms. The fraction of sp³-hybridized carbons (Fsp3) is 0.222. The van der Waals surface area contributed by atoms with Gasteiger partial charge in [0, 0.05) is 50.7 Å². The first-order valence-corrected chi connectivity index (χ1v) is 21.0. The molecular formula is C54H44N4O. The lowest BCUT2D eigenvalue weighted by atomic mass is 9.41. The summed E-state index contributed by atoms with van der Waals surface area (Å²) >= 11 is 0. The van der Waals surface area contributed by atoms with Crippen LogP contribution >= 0.6 is 0 Å². The molecule has 0 amide bonds. The minimum Gasteiger partial charge on any atom is -0.457 e. The molecule has 59 heavy (non-hydrogen) atoms. The Bertz CT molecular complexity index is 2850. The first kappa shape index (κ1) is 35.4. The van der Waals surface area contributed by atoms with Crippen molar-refractivity contribution >= 4 is 44.9 Å². The maximum atomic E-state index is 9.65. The van der Waals surface area contributed by atoms with Gasteiger partial charge in [-0.1, -0.05) is 42.5 Å². The lowest BCUT2D eigenvalue weighted by Gasteiger charge is -2.63. The molecule has 0 saturated heterocycles. The van der Waals surface area contributed by atoms with E-state index in [9.17, 15) is 10.5 Å². The lowest BCUT2D eigenvalue weighted by Crippen LogP contribution is -2.57. The van der Waals surface area contributed by atoms with Gasteiger partial charge in [0.15, 0.2) is 0 Å². The molecule has 12 rings (SSSR count). The molecule has 0 aromatic heterocycles. The van der Waals surface area contributed by atoms with E-state index in [0.29, 0.717) is 23.0 Å². The SMILES string of the molecule is Cc1ccccc1N(c1ccc(C#N)cc1)c1ccc2c(c1)C1(c3cc4cc(N(c5ccc(C#N)cc5)c5ccccc5C)ccc4cc3O2)C2CC3CC(C2)CC1C3. The van der Waals surface area contributed by atoms with Gasteiger partial charge in [0.05, 0.1) is 23.3 Å². The summed E-state index contributed by atoms with van der Waals surface area (Å²) in [6, 6.07) is 56.0. The van der Waals surface area contributed by atoms with E-state index < -0.39 is 0 Å². The molecule has 7 aromatic rings. The highest BCUT2D eigenvalue weighted by atomic mass is 16.5. The van der Waals surface area contributed by atoms with Crippen LogP contribution in [0.2, 0.25) is 0 Å². The number of hydrogen-bond acceptors (Lipinski definition) is 5. The normalized spacial score (nSPS) is 21.9. The van der Waals surface area contributed by atoms with Crippen LogP contribution in [0, 0.1) is 60.2 Å². The van der Waals surface area contributed by atoms with Gasteiger partial charge in [-0.25, -0.2) is 0 Å². The Kier molecular flexibility index (Phi) is 8.18. The Labute approximate surface area is 346 Å². The predicted molar refractivity (Wildman–Crippen MR) is 237 cm³/mol. The van der Waals surface area contributed by atoms with Gasteiger partial charge in [0.1, 0.15) is 11.5 Å². The first-order valence-electron chi connectivity index (χ1n) is 21.0. The number of fused-ring (bicyclic) bond motifs is 3. The highest BCUT2D eigenvalue weighted by Crippen LogP contribution is 2.69. The fourth-order valence-corrected chi connectivity index (χ4v) is 11.8. The smallest absolute Gasteiger partial charge is 0.132 e. The predicted octanol–water partition coefficient (Wildman–Crippen LogP) is 14.0. The van der Waals surface area contributed by atoms with Gasteiger partial charge >= 0.3 is 0 Å². The number of anilines is 6. The molecule has 0 N–H and O–H groups in total. The Morgan fingerprint density at radius 3 is 1.53 bits per heavy atom. The lowest BCUT2D eigenvalue weighted by molar-refractivity contribution is -0.0451. The van der Waals surface area contributed by atoms with Gasteiger partial charge in [0.2, 0.25) is 0 Å². The summed E-state index contributed by atoms with van der Waals surface area (Å²) in [5.41, 5.74) is 12.6. The average Bonchev–Trinajstić information content (AvgIpc) is 3.26. The number of nitriles is 2. The summed E-state index contributed by atoms with van der Waals surface area (Å²) in [5, 5.41) is 21.6. The number of hydrogen-bond donors (Lipinski definition) is 0. The largest absolute Gasteiger partial charge is 0.457 e. The molecule has 1 heterocycles. The summed E-state index contributed by atoms with van der Waals surface area (Å²) in [7, 11) is 0.